The second kappa shape index (κ2) is 5.50. The van der Waals surface area contributed by atoms with Crippen molar-refractivity contribution >= 4 is 5.78 Å². The number of Topliss-reactive ketones (excluding diaryl/α,β-unsaturated/α-hetero) is 1. The average molecular weight is 234 g/mol. The Morgan fingerprint density at radius 1 is 1.29 bits per heavy atom. The molecule has 1 fully saturated rings. The number of aromatic amines is 1. The van der Waals surface area contributed by atoms with Crippen LogP contribution in [0.4, 0.5) is 0 Å². The van der Waals surface area contributed by atoms with E-state index in [9.17, 15) is 4.79 Å². The molecule has 0 aliphatic carbocycles. The zero-order valence-electron chi connectivity index (χ0n) is 10.9. The minimum atomic E-state index is 0.275. The Labute approximate surface area is 103 Å². The number of hydrogen-bond donors (Lipinski definition) is 1. The SMILES string of the molecule is Cc1cc(C(=O)CCN2CCCCC2)c(C)[nH]1. The van der Waals surface area contributed by atoms with E-state index in [0.717, 1.165) is 23.5 Å². The van der Waals surface area contributed by atoms with Crippen molar-refractivity contribution in [1.29, 1.82) is 0 Å². The van der Waals surface area contributed by atoms with Gasteiger partial charge in [-0.3, -0.25) is 4.79 Å². The number of carbonyl (C=O) groups is 1. The molecule has 0 unspecified atom stereocenters. The summed E-state index contributed by atoms with van der Waals surface area (Å²) in [5, 5.41) is 0. The topological polar surface area (TPSA) is 36.1 Å². The van der Waals surface area contributed by atoms with E-state index in [1.807, 2.05) is 19.9 Å². The Morgan fingerprint density at radius 3 is 2.59 bits per heavy atom. The van der Waals surface area contributed by atoms with E-state index in [2.05, 4.69) is 9.88 Å². The van der Waals surface area contributed by atoms with Crippen molar-refractivity contribution in [2.75, 3.05) is 19.6 Å². The molecule has 0 radical (unpaired) electrons. The molecule has 2 heterocycles. The highest BCUT2D eigenvalue weighted by atomic mass is 16.1. The highest BCUT2D eigenvalue weighted by molar-refractivity contribution is 5.97. The van der Waals surface area contributed by atoms with Gasteiger partial charge in [0, 0.05) is 29.9 Å². The van der Waals surface area contributed by atoms with Gasteiger partial charge in [-0.25, -0.2) is 0 Å². The van der Waals surface area contributed by atoms with Gasteiger partial charge in [0.25, 0.3) is 0 Å². The molecule has 1 saturated heterocycles. The minimum Gasteiger partial charge on any atom is -0.362 e. The molecule has 1 aliphatic heterocycles. The number of ketones is 1. The molecule has 0 spiro atoms. The van der Waals surface area contributed by atoms with Gasteiger partial charge < -0.3 is 9.88 Å². The zero-order chi connectivity index (χ0) is 12.3. The van der Waals surface area contributed by atoms with E-state index in [1.54, 1.807) is 0 Å². The third-order valence-electron chi connectivity index (χ3n) is 3.55. The summed E-state index contributed by atoms with van der Waals surface area (Å²) in [5.41, 5.74) is 2.95. The van der Waals surface area contributed by atoms with Crippen molar-refractivity contribution in [3.05, 3.63) is 23.0 Å². The van der Waals surface area contributed by atoms with Crippen LogP contribution in [0.2, 0.25) is 0 Å². The molecular weight excluding hydrogens is 212 g/mol. The quantitative estimate of drug-likeness (QED) is 0.813. The Bertz CT molecular complexity index is 389. The monoisotopic (exact) mass is 234 g/mol. The maximum absolute atomic E-state index is 12.1. The molecule has 0 aromatic carbocycles. The highest BCUT2D eigenvalue weighted by Gasteiger charge is 2.15. The number of aromatic nitrogens is 1. The van der Waals surface area contributed by atoms with E-state index in [0.29, 0.717) is 6.42 Å². The van der Waals surface area contributed by atoms with Crippen molar-refractivity contribution in [3.8, 4) is 0 Å². The Hall–Kier alpha value is -1.09. The number of nitrogens with one attached hydrogen (secondary N) is 1. The van der Waals surface area contributed by atoms with Crippen molar-refractivity contribution < 1.29 is 4.79 Å². The molecule has 0 saturated carbocycles. The number of H-pyrrole nitrogens is 1. The lowest BCUT2D eigenvalue weighted by atomic mass is 10.1. The number of carbonyl (C=O) groups excluding carboxylic acids is 1. The van der Waals surface area contributed by atoms with Crippen molar-refractivity contribution in [2.24, 2.45) is 0 Å². The van der Waals surface area contributed by atoms with Crippen LogP contribution in [0.3, 0.4) is 0 Å². The second-order valence-corrected chi connectivity index (χ2v) is 5.07. The number of nitrogens with zero attached hydrogens (tertiary/aromatic N) is 1. The molecule has 3 heteroatoms. The van der Waals surface area contributed by atoms with Crippen LogP contribution in [-0.4, -0.2) is 35.3 Å². The Morgan fingerprint density at radius 2 is 2.00 bits per heavy atom. The first-order chi connectivity index (χ1) is 8.16. The summed E-state index contributed by atoms with van der Waals surface area (Å²) in [6.07, 6.45) is 4.58. The number of rotatable bonds is 4. The summed E-state index contributed by atoms with van der Waals surface area (Å²) in [5.74, 6) is 0.275. The summed E-state index contributed by atoms with van der Waals surface area (Å²) < 4.78 is 0. The molecule has 2 rings (SSSR count). The molecule has 0 bridgehead atoms. The van der Waals surface area contributed by atoms with Crippen LogP contribution in [0, 0.1) is 13.8 Å². The fourth-order valence-electron chi connectivity index (χ4n) is 2.59. The second-order valence-electron chi connectivity index (χ2n) is 5.07. The van der Waals surface area contributed by atoms with Gasteiger partial charge >= 0.3 is 0 Å². The van der Waals surface area contributed by atoms with Gasteiger partial charge in [-0.05, 0) is 45.8 Å². The molecule has 0 atom stereocenters. The molecule has 17 heavy (non-hydrogen) atoms. The molecule has 0 amide bonds. The summed E-state index contributed by atoms with van der Waals surface area (Å²) >= 11 is 0. The lowest BCUT2D eigenvalue weighted by Gasteiger charge is -2.25. The van der Waals surface area contributed by atoms with Crippen LogP contribution >= 0.6 is 0 Å². The summed E-state index contributed by atoms with van der Waals surface area (Å²) in [4.78, 5) is 17.7. The fraction of sp³-hybridized carbons (Fsp3) is 0.643. The van der Waals surface area contributed by atoms with Crippen molar-refractivity contribution in [3.63, 3.8) is 0 Å². The first-order valence-corrected chi connectivity index (χ1v) is 6.58. The predicted molar refractivity (Wildman–Crippen MR) is 69.5 cm³/mol. The predicted octanol–water partition coefficient (Wildman–Crippen LogP) is 2.69. The lowest BCUT2D eigenvalue weighted by molar-refractivity contribution is 0.0958. The molecule has 1 aliphatic rings. The van der Waals surface area contributed by atoms with Crippen LogP contribution in [0.25, 0.3) is 0 Å². The smallest absolute Gasteiger partial charge is 0.165 e. The first-order valence-electron chi connectivity index (χ1n) is 6.58. The van der Waals surface area contributed by atoms with E-state index in [1.165, 1.54) is 32.4 Å². The van der Waals surface area contributed by atoms with Crippen LogP contribution in [0.5, 0.6) is 0 Å². The number of piperidine rings is 1. The first kappa shape index (κ1) is 12.4. The normalized spacial score (nSPS) is 17.3. The van der Waals surface area contributed by atoms with Crippen LogP contribution in [0.15, 0.2) is 6.07 Å². The standard InChI is InChI=1S/C14H22N2O/c1-11-10-13(12(2)15-11)14(17)6-9-16-7-4-3-5-8-16/h10,15H,3-9H2,1-2H3. The molecule has 94 valence electrons. The molecule has 3 nitrogen and oxygen atoms in total. The van der Waals surface area contributed by atoms with Crippen LogP contribution in [0.1, 0.15) is 47.4 Å². The van der Waals surface area contributed by atoms with Crippen molar-refractivity contribution in [1.82, 2.24) is 9.88 Å². The zero-order valence-corrected chi connectivity index (χ0v) is 10.9. The van der Waals surface area contributed by atoms with Crippen molar-refractivity contribution in [2.45, 2.75) is 39.5 Å². The fourth-order valence-corrected chi connectivity index (χ4v) is 2.59. The summed E-state index contributed by atoms with van der Waals surface area (Å²) in [6.45, 7) is 7.22. The maximum atomic E-state index is 12.1. The maximum Gasteiger partial charge on any atom is 0.165 e. The average Bonchev–Trinajstić information content (AvgIpc) is 2.67. The third-order valence-corrected chi connectivity index (χ3v) is 3.55. The number of aryl methyl sites for hydroxylation is 2. The van der Waals surface area contributed by atoms with Crippen LogP contribution < -0.4 is 0 Å². The molecule has 1 aromatic rings. The third kappa shape index (κ3) is 3.19. The summed E-state index contributed by atoms with van der Waals surface area (Å²) in [6, 6.07) is 1.97. The molecule has 1 N–H and O–H groups in total. The van der Waals surface area contributed by atoms with E-state index in [-0.39, 0.29) is 5.78 Å². The summed E-state index contributed by atoms with van der Waals surface area (Å²) in [7, 11) is 0. The van der Waals surface area contributed by atoms with E-state index < -0.39 is 0 Å². The molecular formula is C14H22N2O. The van der Waals surface area contributed by atoms with Gasteiger partial charge in [0.2, 0.25) is 0 Å². The van der Waals surface area contributed by atoms with Gasteiger partial charge in [0.05, 0.1) is 0 Å². The van der Waals surface area contributed by atoms with Gasteiger partial charge in [-0.2, -0.15) is 0 Å². The van der Waals surface area contributed by atoms with Gasteiger partial charge in [-0.1, -0.05) is 6.42 Å². The number of hydrogen-bond acceptors (Lipinski definition) is 2. The highest BCUT2D eigenvalue weighted by Crippen LogP contribution is 2.14. The minimum absolute atomic E-state index is 0.275. The Kier molecular flexibility index (Phi) is 4.00. The van der Waals surface area contributed by atoms with E-state index in [4.69, 9.17) is 0 Å². The number of likely N-dealkylation sites (tertiary alicyclic amines) is 1. The van der Waals surface area contributed by atoms with Gasteiger partial charge in [0.1, 0.15) is 0 Å². The van der Waals surface area contributed by atoms with Gasteiger partial charge in [0.15, 0.2) is 5.78 Å². The van der Waals surface area contributed by atoms with E-state index >= 15 is 0 Å². The van der Waals surface area contributed by atoms with Gasteiger partial charge in [-0.15, -0.1) is 0 Å². The lowest BCUT2D eigenvalue weighted by Crippen LogP contribution is -2.31. The largest absolute Gasteiger partial charge is 0.362 e. The Balaban J connectivity index is 1.86. The van der Waals surface area contributed by atoms with Crippen LogP contribution in [-0.2, 0) is 0 Å². The molecule has 1 aromatic heterocycles.